The Balaban J connectivity index is 2.04. The zero-order chi connectivity index (χ0) is 12.3. The molecular formula is C13H11ClINS. The van der Waals surface area contributed by atoms with Gasteiger partial charge in [0, 0.05) is 19.9 Å². The van der Waals surface area contributed by atoms with Crippen LogP contribution in [0.4, 0.5) is 5.69 Å². The van der Waals surface area contributed by atoms with Gasteiger partial charge in [-0.15, -0.1) is 11.8 Å². The third kappa shape index (κ3) is 3.79. The molecule has 0 amide bonds. The Hall–Kier alpha value is -0.390. The van der Waals surface area contributed by atoms with Crippen LogP contribution in [0.3, 0.4) is 0 Å². The van der Waals surface area contributed by atoms with Gasteiger partial charge in [0.15, 0.2) is 0 Å². The van der Waals surface area contributed by atoms with Crippen LogP contribution in [-0.2, 0) is 5.75 Å². The van der Waals surface area contributed by atoms with E-state index in [0.717, 1.165) is 15.7 Å². The molecule has 0 saturated heterocycles. The maximum atomic E-state index is 6.12. The third-order valence-corrected chi connectivity index (χ3v) is 4.55. The lowest BCUT2D eigenvalue weighted by molar-refractivity contribution is 1.37. The molecule has 2 aromatic carbocycles. The molecule has 0 radical (unpaired) electrons. The second-order valence-electron chi connectivity index (χ2n) is 3.61. The van der Waals surface area contributed by atoms with Crippen LogP contribution in [0, 0.1) is 3.57 Å². The number of hydrogen-bond acceptors (Lipinski definition) is 2. The van der Waals surface area contributed by atoms with Crippen molar-refractivity contribution in [2.75, 3.05) is 5.73 Å². The Morgan fingerprint density at radius 1 is 1.12 bits per heavy atom. The van der Waals surface area contributed by atoms with Crippen molar-refractivity contribution in [3.63, 3.8) is 0 Å². The van der Waals surface area contributed by atoms with Crippen molar-refractivity contribution in [3.8, 4) is 0 Å². The number of hydrogen-bond donors (Lipinski definition) is 1. The minimum atomic E-state index is 0.702. The molecule has 0 unspecified atom stereocenters. The van der Waals surface area contributed by atoms with Crippen molar-refractivity contribution in [2.24, 2.45) is 0 Å². The van der Waals surface area contributed by atoms with E-state index < -0.39 is 0 Å². The van der Waals surface area contributed by atoms with Crippen LogP contribution in [0.25, 0.3) is 0 Å². The molecule has 4 heteroatoms. The number of thioether (sulfide) groups is 1. The summed E-state index contributed by atoms with van der Waals surface area (Å²) in [5.74, 6) is 0.917. The summed E-state index contributed by atoms with van der Waals surface area (Å²) in [6, 6.07) is 14.1. The fourth-order valence-corrected chi connectivity index (χ4v) is 2.96. The lowest BCUT2D eigenvalue weighted by Gasteiger charge is -2.05. The van der Waals surface area contributed by atoms with Crippen LogP contribution < -0.4 is 5.73 Å². The first-order valence-corrected chi connectivity index (χ1v) is 7.51. The molecule has 0 aromatic heterocycles. The molecule has 0 aliphatic carbocycles. The van der Waals surface area contributed by atoms with E-state index in [0.29, 0.717) is 5.69 Å². The summed E-state index contributed by atoms with van der Waals surface area (Å²) in [6.07, 6.45) is 0. The second-order valence-corrected chi connectivity index (χ2v) is 6.28. The van der Waals surface area contributed by atoms with Crippen LogP contribution in [-0.4, -0.2) is 0 Å². The number of rotatable bonds is 3. The van der Waals surface area contributed by atoms with Gasteiger partial charge < -0.3 is 5.73 Å². The van der Waals surface area contributed by atoms with Gasteiger partial charge in [0.05, 0.1) is 5.02 Å². The van der Waals surface area contributed by atoms with E-state index in [-0.39, 0.29) is 0 Å². The molecule has 0 spiro atoms. The molecule has 0 aliphatic rings. The fourth-order valence-electron chi connectivity index (χ4n) is 1.38. The van der Waals surface area contributed by atoms with E-state index >= 15 is 0 Å². The van der Waals surface area contributed by atoms with Gasteiger partial charge in [-0.3, -0.25) is 0 Å². The van der Waals surface area contributed by atoms with Crippen molar-refractivity contribution in [2.45, 2.75) is 10.6 Å². The smallest absolute Gasteiger partial charge is 0.0562 e. The topological polar surface area (TPSA) is 26.0 Å². The van der Waals surface area contributed by atoms with E-state index in [1.807, 2.05) is 12.1 Å². The van der Waals surface area contributed by atoms with Gasteiger partial charge in [0.2, 0.25) is 0 Å². The first-order chi connectivity index (χ1) is 8.15. The molecule has 2 rings (SSSR count). The maximum absolute atomic E-state index is 6.12. The van der Waals surface area contributed by atoms with E-state index in [4.69, 9.17) is 17.3 Å². The monoisotopic (exact) mass is 375 g/mol. The number of anilines is 1. The molecule has 88 valence electrons. The average Bonchev–Trinajstić information content (AvgIpc) is 2.30. The molecule has 2 N–H and O–H groups in total. The second kappa shape index (κ2) is 5.98. The van der Waals surface area contributed by atoms with Crippen molar-refractivity contribution in [3.05, 3.63) is 56.6 Å². The van der Waals surface area contributed by atoms with Crippen LogP contribution in [0.5, 0.6) is 0 Å². The van der Waals surface area contributed by atoms with Crippen LogP contribution in [0.15, 0.2) is 47.4 Å². The maximum Gasteiger partial charge on any atom is 0.0562 e. The highest BCUT2D eigenvalue weighted by Gasteiger charge is 2.02. The highest BCUT2D eigenvalue weighted by molar-refractivity contribution is 14.1. The SMILES string of the molecule is Nc1ccc(SCc2ccc(I)cc2)c(Cl)c1. The minimum Gasteiger partial charge on any atom is -0.399 e. The van der Waals surface area contributed by atoms with Crippen molar-refractivity contribution in [1.29, 1.82) is 0 Å². The largest absolute Gasteiger partial charge is 0.399 e. The van der Waals surface area contributed by atoms with E-state index in [1.54, 1.807) is 17.8 Å². The molecule has 0 fully saturated rings. The summed E-state index contributed by atoms with van der Waals surface area (Å²) >= 11 is 10.1. The zero-order valence-corrected chi connectivity index (χ0v) is 12.7. The molecule has 2 aromatic rings. The van der Waals surface area contributed by atoms with Crippen LogP contribution >= 0.6 is 46.0 Å². The van der Waals surface area contributed by atoms with Gasteiger partial charge in [-0.25, -0.2) is 0 Å². The highest BCUT2D eigenvalue weighted by atomic mass is 127. The Morgan fingerprint density at radius 3 is 2.47 bits per heavy atom. The van der Waals surface area contributed by atoms with E-state index in [1.165, 1.54) is 9.13 Å². The zero-order valence-electron chi connectivity index (χ0n) is 8.99. The number of benzene rings is 2. The quantitative estimate of drug-likeness (QED) is 0.473. The predicted octanol–water partition coefficient (Wildman–Crippen LogP) is 4.82. The van der Waals surface area contributed by atoms with Crippen molar-refractivity contribution in [1.82, 2.24) is 0 Å². The summed E-state index contributed by atoms with van der Waals surface area (Å²) in [4.78, 5) is 1.07. The highest BCUT2D eigenvalue weighted by Crippen LogP contribution is 2.31. The Bertz CT molecular complexity index is 513. The lowest BCUT2D eigenvalue weighted by atomic mass is 10.2. The summed E-state index contributed by atoms with van der Waals surface area (Å²) in [5, 5.41) is 0.723. The summed E-state index contributed by atoms with van der Waals surface area (Å²) in [7, 11) is 0. The molecule has 0 heterocycles. The number of nitrogen functional groups attached to an aromatic ring is 1. The van der Waals surface area contributed by atoms with Gasteiger partial charge >= 0.3 is 0 Å². The molecule has 0 atom stereocenters. The molecule has 0 saturated carbocycles. The average molecular weight is 376 g/mol. The molecule has 0 aliphatic heterocycles. The normalized spacial score (nSPS) is 10.5. The Kier molecular flexibility index (Phi) is 4.59. The third-order valence-electron chi connectivity index (χ3n) is 2.26. The molecule has 17 heavy (non-hydrogen) atoms. The molecular weight excluding hydrogens is 365 g/mol. The van der Waals surface area contributed by atoms with E-state index in [9.17, 15) is 0 Å². The van der Waals surface area contributed by atoms with Gasteiger partial charge in [0.1, 0.15) is 0 Å². The van der Waals surface area contributed by atoms with Gasteiger partial charge in [-0.2, -0.15) is 0 Å². The first kappa shape index (κ1) is 13.1. The Labute approximate surface area is 124 Å². The van der Waals surface area contributed by atoms with Crippen molar-refractivity contribution < 1.29 is 0 Å². The molecule has 1 nitrogen and oxygen atoms in total. The van der Waals surface area contributed by atoms with Gasteiger partial charge in [-0.1, -0.05) is 23.7 Å². The predicted molar refractivity (Wildman–Crippen MR) is 84.6 cm³/mol. The van der Waals surface area contributed by atoms with Crippen LogP contribution in [0.2, 0.25) is 5.02 Å². The standard InChI is InChI=1S/C13H11ClINS/c14-12-7-11(16)5-6-13(12)17-8-9-1-3-10(15)4-2-9/h1-7H,8,16H2. The number of nitrogens with two attached hydrogens (primary N) is 1. The lowest BCUT2D eigenvalue weighted by Crippen LogP contribution is -1.85. The Morgan fingerprint density at radius 2 is 1.82 bits per heavy atom. The van der Waals surface area contributed by atoms with Gasteiger partial charge in [0.25, 0.3) is 0 Å². The minimum absolute atomic E-state index is 0.702. The number of halogens is 2. The summed E-state index contributed by atoms with van der Waals surface area (Å²) < 4.78 is 1.25. The fraction of sp³-hybridized carbons (Fsp3) is 0.0769. The van der Waals surface area contributed by atoms with Crippen molar-refractivity contribution >= 4 is 51.6 Å². The molecule has 0 bridgehead atoms. The first-order valence-electron chi connectivity index (χ1n) is 5.07. The summed E-state index contributed by atoms with van der Waals surface area (Å²) in [6.45, 7) is 0. The van der Waals surface area contributed by atoms with E-state index in [2.05, 4.69) is 46.9 Å². The van der Waals surface area contributed by atoms with Crippen LogP contribution in [0.1, 0.15) is 5.56 Å². The summed E-state index contributed by atoms with van der Waals surface area (Å²) in [5.41, 5.74) is 7.65. The van der Waals surface area contributed by atoms with Gasteiger partial charge in [-0.05, 0) is 58.5 Å².